The zero-order valence-corrected chi connectivity index (χ0v) is 17.3. The van der Waals surface area contributed by atoms with Crippen LogP contribution < -0.4 is 15.1 Å². The minimum absolute atomic E-state index is 0.0626. The molecule has 1 saturated heterocycles. The Bertz CT molecular complexity index is 730. The summed E-state index contributed by atoms with van der Waals surface area (Å²) in [6.45, 7) is 6.72. The Balaban J connectivity index is 2.16. The lowest BCUT2D eigenvalue weighted by Crippen LogP contribution is -2.57. The maximum absolute atomic E-state index is 14.3. The molecule has 29 heavy (non-hydrogen) atoms. The number of nitrogens with one attached hydrogen (secondary N) is 1. The van der Waals surface area contributed by atoms with Crippen molar-refractivity contribution in [3.63, 3.8) is 0 Å². The third-order valence-electron chi connectivity index (χ3n) is 5.21. The molecule has 0 spiro atoms. The third kappa shape index (κ3) is 5.36. The van der Waals surface area contributed by atoms with Crippen molar-refractivity contribution in [1.29, 1.82) is 0 Å². The average Bonchev–Trinajstić information content (AvgIpc) is 2.70. The van der Waals surface area contributed by atoms with E-state index in [1.54, 1.807) is 17.0 Å². The first-order chi connectivity index (χ1) is 13.7. The molecule has 0 unspecified atom stereocenters. The van der Waals surface area contributed by atoms with Crippen molar-refractivity contribution >= 4 is 17.5 Å². The number of benzene rings is 1. The number of halogens is 1. The summed E-state index contributed by atoms with van der Waals surface area (Å²) >= 11 is 0. The Kier molecular flexibility index (Phi) is 7.80. The topological polar surface area (TPSA) is 102 Å². The van der Waals surface area contributed by atoms with Gasteiger partial charge in [0.25, 0.3) is 5.91 Å². The Hall–Kier alpha value is -2.39. The highest BCUT2D eigenvalue weighted by atomic mass is 19.1. The van der Waals surface area contributed by atoms with Crippen LogP contribution in [-0.2, 0) is 9.59 Å². The molecule has 1 aliphatic rings. The first-order valence-corrected chi connectivity index (χ1v) is 9.70. The zero-order valence-electron chi connectivity index (χ0n) is 17.3. The van der Waals surface area contributed by atoms with Gasteiger partial charge in [0.05, 0.1) is 18.7 Å². The molecule has 9 heteroatoms. The Labute approximate surface area is 170 Å². The molecule has 8 nitrogen and oxygen atoms in total. The Morgan fingerprint density at radius 1 is 1.34 bits per heavy atom. The molecule has 2 amide bonds. The minimum atomic E-state index is -1.64. The van der Waals surface area contributed by atoms with E-state index in [0.717, 1.165) is 0 Å². The molecular weight excluding hydrogens is 381 g/mol. The summed E-state index contributed by atoms with van der Waals surface area (Å²) in [7, 11) is 1.51. The molecular formula is C20H30FN3O5. The fourth-order valence-electron chi connectivity index (χ4n) is 3.70. The summed E-state index contributed by atoms with van der Waals surface area (Å²) in [6, 6.07) is 4.25. The van der Waals surface area contributed by atoms with Crippen LogP contribution in [0.3, 0.4) is 0 Å². The van der Waals surface area contributed by atoms with E-state index in [1.165, 1.54) is 18.7 Å². The lowest BCUT2D eigenvalue weighted by molar-refractivity contribution is -0.152. The summed E-state index contributed by atoms with van der Waals surface area (Å²) < 4.78 is 19.5. The van der Waals surface area contributed by atoms with E-state index in [2.05, 4.69) is 0 Å². The minimum Gasteiger partial charge on any atom is -0.497 e. The number of carbonyl (C=O) groups excluding carboxylic acids is 2. The number of hydrogen-bond acceptors (Lipinski definition) is 6. The molecule has 1 heterocycles. The maximum atomic E-state index is 14.3. The highest BCUT2D eigenvalue weighted by Crippen LogP contribution is 2.28. The highest BCUT2D eigenvalue weighted by molar-refractivity contribution is 5.89. The van der Waals surface area contributed by atoms with E-state index in [-0.39, 0.29) is 23.7 Å². The maximum Gasteiger partial charge on any atom is 0.272 e. The SMILES string of the molecule is COc1ccc(F)c(N2CCN(C(=O)[C@@H](CC(C)C)[C@H](O)C(=O)NO)[C@H](C)C2)c1. The van der Waals surface area contributed by atoms with E-state index >= 15 is 0 Å². The van der Waals surface area contributed by atoms with Crippen LogP contribution >= 0.6 is 0 Å². The van der Waals surface area contributed by atoms with Crippen molar-refractivity contribution in [2.75, 3.05) is 31.6 Å². The summed E-state index contributed by atoms with van der Waals surface area (Å²) in [5.41, 5.74) is 1.82. The third-order valence-corrected chi connectivity index (χ3v) is 5.21. The molecule has 1 aliphatic heterocycles. The molecule has 1 aromatic rings. The quantitative estimate of drug-likeness (QED) is 0.463. The number of piperazine rings is 1. The van der Waals surface area contributed by atoms with Gasteiger partial charge < -0.3 is 19.6 Å². The van der Waals surface area contributed by atoms with Crippen molar-refractivity contribution in [2.24, 2.45) is 11.8 Å². The predicted molar refractivity (Wildman–Crippen MR) is 105 cm³/mol. The lowest BCUT2D eigenvalue weighted by Gasteiger charge is -2.42. The summed E-state index contributed by atoms with van der Waals surface area (Å²) in [5, 5.41) is 19.1. The predicted octanol–water partition coefficient (Wildman–Crippen LogP) is 1.40. The number of anilines is 1. The van der Waals surface area contributed by atoms with Crippen LogP contribution in [0.4, 0.5) is 10.1 Å². The van der Waals surface area contributed by atoms with Crippen molar-refractivity contribution in [3.8, 4) is 5.75 Å². The normalized spacial score (nSPS) is 19.1. The van der Waals surface area contributed by atoms with Gasteiger partial charge in [0, 0.05) is 31.7 Å². The number of methoxy groups -OCH3 is 1. The zero-order chi connectivity index (χ0) is 21.7. The number of ether oxygens (including phenoxy) is 1. The van der Waals surface area contributed by atoms with Gasteiger partial charge in [-0.2, -0.15) is 0 Å². The van der Waals surface area contributed by atoms with Crippen LogP contribution in [0.15, 0.2) is 18.2 Å². The van der Waals surface area contributed by atoms with E-state index in [1.807, 2.05) is 25.7 Å². The second-order valence-corrected chi connectivity index (χ2v) is 7.80. The van der Waals surface area contributed by atoms with E-state index < -0.39 is 17.9 Å². The number of amides is 2. The Morgan fingerprint density at radius 2 is 2.03 bits per heavy atom. The number of hydrogen-bond donors (Lipinski definition) is 3. The summed E-state index contributed by atoms with van der Waals surface area (Å²) in [6.07, 6.45) is -1.35. The molecule has 0 saturated carbocycles. The number of aliphatic hydroxyl groups is 1. The number of nitrogens with zero attached hydrogens (tertiary/aromatic N) is 2. The van der Waals surface area contributed by atoms with Crippen LogP contribution in [0.1, 0.15) is 27.2 Å². The van der Waals surface area contributed by atoms with E-state index in [4.69, 9.17) is 9.94 Å². The van der Waals surface area contributed by atoms with Gasteiger partial charge >= 0.3 is 0 Å². The Morgan fingerprint density at radius 3 is 2.59 bits per heavy atom. The van der Waals surface area contributed by atoms with Crippen LogP contribution in [0.5, 0.6) is 5.75 Å². The van der Waals surface area contributed by atoms with Gasteiger partial charge in [0.2, 0.25) is 5.91 Å². The molecule has 0 radical (unpaired) electrons. The molecule has 2 rings (SSSR count). The van der Waals surface area contributed by atoms with Gasteiger partial charge in [0.1, 0.15) is 17.7 Å². The smallest absolute Gasteiger partial charge is 0.272 e. The molecule has 1 aromatic carbocycles. The van der Waals surface area contributed by atoms with Crippen LogP contribution in [0.25, 0.3) is 0 Å². The number of carbonyl (C=O) groups is 2. The molecule has 0 aromatic heterocycles. The van der Waals surface area contributed by atoms with Gasteiger partial charge in [-0.25, -0.2) is 9.87 Å². The summed E-state index contributed by atoms with van der Waals surface area (Å²) in [4.78, 5) is 28.3. The number of hydroxylamine groups is 1. The average molecular weight is 411 g/mol. The van der Waals surface area contributed by atoms with Gasteiger partial charge in [-0.05, 0) is 31.4 Å². The van der Waals surface area contributed by atoms with E-state index in [0.29, 0.717) is 37.5 Å². The monoisotopic (exact) mass is 411 g/mol. The lowest BCUT2D eigenvalue weighted by atomic mass is 9.89. The first kappa shape index (κ1) is 22.9. The standard InChI is InChI=1S/C20H30FN3O5/c1-12(2)9-15(18(25)19(26)22-28)20(27)24-8-7-23(11-13(24)3)17-10-14(29-4)5-6-16(17)21/h5-6,10,12-13,15,18,25,28H,7-9,11H2,1-4H3,(H,22,26)/t13-,15+,18+/m1/s1. The molecule has 3 atom stereocenters. The van der Waals surface area contributed by atoms with Gasteiger partial charge in [-0.1, -0.05) is 13.8 Å². The summed E-state index contributed by atoms with van der Waals surface area (Å²) in [5.74, 6) is -2.09. The second kappa shape index (κ2) is 9.89. The van der Waals surface area contributed by atoms with Crippen molar-refractivity contribution in [2.45, 2.75) is 39.3 Å². The fourth-order valence-corrected chi connectivity index (χ4v) is 3.70. The largest absolute Gasteiger partial charge is 0.497 e. The van der Waals surface area contributed by atoms with Crippen LogP contribution in [0, 0.1) is 17.7 Å². The fraction of sp³-hybridized carbons (Fsp3) is 0.600. The second-order valence-electron chi connectivity index (χ2n) is 7.80. The number of rotatable bonds is 7. The van der Waals surface area contributed by atoms with Crippen LogP contribution in [0.2, 0.25) is 0 Å². The van der Waals surface area contributed by atoms with Gasteiger partial charge in [-0.15, -0.1) is 0 Å². The molecule has 162 valence electrons. The van der Waals surface area contributed by atoms with Gasteiger partial charge in [0.15, 0.2) is 0 Å². The molecule has 0 bridgehead atoms. The molecule has 1 fully saturated rings. The first-order valence-electron chi connectivity index (χ1n) is 9.70. The van der Waals surface area contributed by atoms with Crippen molar-refractivity contribution in [1.82, 2.24) is 10.4 Å². The van der Waals surface area contributed by atoms with Crippen LogP contribution in [-0.4, -0.2) is 65.9 Å². The number of aliphatic hydroxyl groups excluding tert-OH is 1. The van der Waals surface area contributed by atoms with Crippen molar-refractivity contribution < 1.29 is 29.0 Å². The molecule has 3 N–H and O–H groups in total. The van der Waals surface area contributed by atoms with E-state index in [9.17, 15) is 19.1 Å². The molecule has 0 aliphatic carbocycles. The highest BCUT2D eigenvalue weighted by Gasteiger charge is 2.38. The van der Waals surface area contributed by atoms with Crippen molar-refractivity contribution in [3.05, 3.63) is 24.0 Å². The van der Waals surface area contributed by atoms with Gasteiger partial charge in [-0.3, -0.25) is 14.8 Å².